The molecule has 1 aliphatic carbocycles. The van der Waals surface area contributed by atoms with Gasteiger partial charge < -0.3 is 5.32 Å². The first-order chi connectivity index (χ1) is 9.59. The minimum atomic E-state index is 0.531. The topological polar surface area (TPSA) is 12.0 Å². The molecule has 0 aromatic heterocycles. The van der Waals surface area contributed by atoms with E-state index in [0.29, 0.717) is 11.3 Å². The third kappa shape index (κ3) is 2.82. The summed E-state index contributed by atoms with van der Waals surface area (Å²) in [5.74, 6) is 2.44. The molecule has 1 aliphatic heterocycles. The molecule has 1 spiro atoms. The minimum Gasteiger partial charge on any atom is -0.316 e. The van der Waals surface area contributed by atoms with Crippen LogP contribution >= 0.6 is 15.9 Å². The van der Waals surface area contributed by atoms with E-state index in [9.17, 15) is 0 Å². The van der Waals surface area contributed by atoms with E-state index < -0.39 is 0 Å². The first-order valence-electron chi connectivity index (χ1n) is 8.05. The van der Waals surface area contributed by atoms with Crippen LogP contribution < -0.4 is 5.32 Å². The number of hydrogen-bond acceptors (Lipinski definition) is 1. The Morgan fingerprint density at radius 3 is 2.65 bits per heavy atom. The second-order valence-electron chi connectivity index (χ2n) is 7.28. The Balaban J connectivity index is 1.94. The molecule has 1 nitrogen and oxygen atoms in total. The highest BCUT2D eigenvalue weighted by Crippen LogP contribution is 2.54. The van der Waals surface area contributed by atoms with Crippen LogP contribution in [0.3, 0.4) is 0 Å². The Morgan fingerprint density at radius 2 is 1.95 bits per heavy atom. The molecular weight excluding hydrogens is 310 g/mol. The molecule has 2 heteroatoms. The first-order valence-corrected chi connectivity index (χ1v) is 8.84. The van der Waals surface area contributed by atoms with Gasteiger partial charge in [0.05, 0.1) is 0 Å². The minimum absolute atomic E-state index is 0.531. The summed E-state index contributed by atoms with van der Waals surface area (Å²) in [6.45, 7) is 7.26. The highest BCUT2D eigenvalue weighted by Gasteiger charge is 2.45. The Labute approximate surface area is 131 Å². The molecular formula is C18H26BrN. The second-order valence-corrected chi connectivity index (χ2v) is 8.19. The monoisotopic (exact) mass is 335 g/mol. The SMILES string of the molecule is CC1CC(C)CC2(CCNCC2c2cccc(Br)c2)C1. The van der Waals surface area contributed by atoms with Gasteiger partial charge in [0.25, 0.3) is 0 Å². The van der Waals surface area contributed by atoms with Crippen molar-refractivity contribution in [1.82, 2.24) is 5.32 Å². The summed E-state index contributed by atoms with van der Waals surface area (Å²) in [6, 6.07) is 8.99. The zero-order chi connectivity index (χ0) is 14.2. The van der Waals surface area contributed by atoms with Crippen LogP contribution in [0.1, 0.15) is 51.0 Å². The summed E-state index contributed by atoms with van der Waals surface area (Å²) < 4.78 is 1.22. The molecule has 0 bridgehead atoms. The van der Waals surface area contributed by atoms with Crippen molar-refractivity contribution in [2.45, 2.75) is 45.4 Å². The fourth-order valence-electron chi connectivity index (χ4n) is 4.98. The van der Waals surface area contributed by atoms with Gasteiger partial charge in [0.15, 0.2) is 0 Å². The van der Waals surface area contributed by atoms with Crippen molar-refractivity contribution in [2.24, 2.45) is 17.3 Å². The molecule has 1 saturated carbocycles. The lowest BCUT2D eigenvalue weighted by Gasteiger charge is -2.51. The molecule has 3 unspecified atom stereocenters. The maximum absolute atomic E-state index is 3.64. The summed E-state index contributed by atoms with van der Waals surface area (Å²) in [5, 5.41) is 3.64. The van der Waals surface area contributed by atoms with Crippen LogP contribution in [0.15, 0.2) is 28.7 Å². The number of benzene rings is 1. The number of hydrogen-bond donors (Lipinski definition) is 1. The van der Waals surface area contributed by atoms with Gasteiger partial charge >= 0.3 is 0 Å². The maximum atomic E-state index is 3.64. The van der Waals surface area contributed by atoms with Gasteiger partial charge in [-0.3, -0.25) is 0 Å². The smallest absolute Gasteiger partial charge is 0.0178 e. The van der Waals surface area contributed by atoms with Crippen molar-refractivity contribution in [1.29, 1.82) is 0 Å². The average Bonchev–Trinajstić information content (AvgIpc) is 2.37. The highest BCUT2D eigenvalue weighted by molar-refractivity contribution is 9.10. The second kappa shape index (κ2) is 5.81. The number of piperidine rings is 1. The van der Waals surface area contributed by atoms with E-state index in [0.717, 1.165) is 18.4 Å². The summed E-state index contributed by atoms with van der Waals surface area (Å²) >= 11 is 3.64. The molecule has 2 aliphatic rings. The van der Waals surface area contributed by atoms with Crippen molar-refractivity contribution >= 4 is 15.9 Å². The quantitative estimate of drug-likeness (QED) is 0.764. The molecule has 20 heavy (non-hydrogen) atoms. The van der Waals surface area contributed by atoms with Gasteiger partial charge in [-0.1, -0.05) is 41.9 Å². The fraction of sp³-hybridized carbons (Fsp3) is 0.667. The summed E-state index contributed by atoms with van der Waals surface area (Å²) in [5.41, 5.74) is 2.05. The van der Waals surface area contributed by atoms with E-state index in [1.54, 1.807) is 0 Å². The predicted molar refractivity (Wildman–Crippen MR) is 89.0 cm³/mol. The predicted octanol–water partition coefficient (Wildman–Crippen LogP) is 4.97. The van der Waals surface area contributed by atoms with Gasteiger partial charge in [-0.15, -0.1) is 0 Å². The van der Waals surface area contributed by atoms with E-state index in [1.165, 1.54) is 42.3 Å². The summed E-state index contributed by atoms with van der Waals surface area (Å²) in [6.07, 6.45) is 5.59. The fourth-order valence-corrected chi connectivity index (χ4v) is 5.40. The van der Waals surface area contributed by atoms with E-state index >= 15 is 0 Å². The lowest BCUT2D eigenvalue weighted by atomic mass is 9.56. The van der Waals surface area contributed by atoms with Crippen molar-refractivity contribution in [3.63, 3.8) is 0 Å². The van der Waals surface area contributed by atoms with Gasteiger partial charge in [-0.25, -0.2) is 0 Å². The molecule has 110 valence electrons. The van der Waals surface area contributed by atoms with Crippen LogP contribution in [-0.2, 0) is 0 Å². The van der Waals surface area contributed by atoms with Crippen LogP contribution in [0.2, 0.25) is 0 Å². The van der Waals surface area contributed by atoms with Crippen LogP contribution in [0.25, 0.3) is 0 Å². The summed E-state index contributed by atoms with van der Waals surface area (Å²) in [7, 11) is 0. The van der Waals surface area contributed by atoms with Crippen LogP contribution in [-0.4, -0.2) is 13.1 Å². The molecule has 1 heterocycles. The molecule has 1 aromatic rings. The van der Waals surface area contributed by atoms with Crippen molar-refractivity contribution < 1.29 is 0 Å². The number of halogens is 1. The van der Waals surface area contributed by atoms with Crippen LogP contribution in [0.5, 0.6) is 0 Å². The molecule has 3 atom stereocenters. The Bertz CT molecular complexity index is 460. The molecule has 0 radical (unpaired) electrons. The number of nitrogens with one attached hydrogen (secondary N) is 1. The lowest BCUT2D eigenvalue weighted by Crippen LogP contribution is -2.47. The van der Waals surface area contributed by atoms with Gasteiger partial charge in [0, 0.05) is 16.9 Å². The third-order valence-electron chi connectivity index (χ3n) is 5.45. The number of rotatable bonds is 1. The Kier molecular flexibility index (Phi) is 4.24. The van der Waals surface area contributed by atoms with Crippen molar-refractivity contribution in [2.75, 3.05) is 13.1 Å². The molecule has 1 aromatic carbocycles. The van der Waals surface area contributed by atoms with E-state index in [4.69, 9.17) is 0 Å². The van der Waals surface area contributed by atoms with Crippen LogP contribution in [0.4, 0.5) is 0 Å². The van der Waals surface area contributed by atoms with Crippen molar-refractivity contribution in [3.05, 3.63) is 34.3 Å². The third-order valence-corrected chi connectivity index (χ3v) is 5.95. The Morgan fingerprint density at radius 1 is 1.20 bits per heavy atom. The van der Waals surface area contributed by atoms with E-state index in [2.05, 4.69) is 59.4 Å². The molecule has 0 amide bonds. The first kappa shape index (κ1) is 14.6. The summed E-state index contributed by atoms with van der Waals surface area (Å²) in [4.78, 5) is 0. The maximum Gasteiger partial charge on any atom is 0.0178 e. The van der Waals surface area contributed by atoms with Crippen LogP contribution in [0, 0.1) is 17.3 Å². The molecule has 1 saturated heterocycles. The average molecular weight is 336 g/mol. The van der Waals surface area contributed by atoms with E-state index in [-0.39, 0.29) is 0 Å². The highest BCUT2D eigenvalue weighted by atomic mass is 79.9. The Hall–Kier alpha value is -0.340. The van der Waals surface area contributed by atoms with Crippen molar-refractivity contribution in [3.8, 4) is 0 Å². The largest absolute Gasteiger partial charge is 0.316 e. The van der Waals surface area contributed by atoms with Gasteiger partial charge in [-0.05, 0) is 67.2 Å². The molecule has 1 N–H and O–H groups in total. The normalized spacial score (nSPS) is 38.0. The standard InChI is InChI=1S/C18H26BrN/c1-13-8-14(2)11-18(10-13)6-7-20-12-17(18)15-4-3-5-16(19)9-15/h3-5,9,13-14,17,20H,6-8,10-12H2,1-2H3. The lowest BCUT2D eigenvalue weighted by molar-refractivity contribution is 0.0472. The zero-order valence-corrected chi connectivity index (χ0v) is 14.2. The molecule has 3 rings (SSSR count). The zero-order valence-electron chi connectivity index (χ0n) is 12.7. The van der Waals surface area contributed by atoms with Gasteiger partial charge in [-0.2, -0.15) is 0 Å². The molecule has 2 fully saturated rings. The van der Waals surface area contributed by atoms with E-state index in [1.807, 2.05) is 0 Å². The van der Waals surface area contributed by atoms with Gasteiger partial charge in [0.1, 0.15) is 0 Å². The van der Waals surface area contributed by atoms with Gasteiger partial charge in [0.2, 0.25) is 0 Å².